The Hall–Kier alpha value is -1.43. The molecule has 0 spiro atoms. The van der Waals surface area contributed by atoms with Crippen LogP contribution in [-0.4, -0.2) is 52.3 Å². The molecule has 26 heavy (non-hydrogen) atoms. The molecule has 1 aliphatic heterocycles. The number of aromatic nitrogens is 1. The van der Waals surface area contributed by atoms with Gasteiger partial charge in [-0.1, -0.05) is 27.7 Å². The normalized spacial score (nSPS) is 21.7. The number of amides is 2. The number of aryl methyl sites for hydroxylation is 1. The first-order valence-corrected chi connectivity index (χ1v) is 10.7. The average molecular weight is 378 g/mol. The van der Waals surface area contributed by atoms with Crippen LogP contribution in [0.4, 0.5) is 0 Å². The highest BCUT2D eigenvalue weighted by Crippen LogP contribution is 2.33. The third-order valence-electron chi connectivity index (χ3n) is 5.43. The van der Waals surface area contributed by atoms with Crippen molar-refractivity contribution in [3.8, 4) is 0 Å². The molecule has 3 rings (SSSR count). The molecule has 0 radical (unpaired) electrons. The van der Waals surface area contributed by atoms with E-state index in [-0.39, 0.29) is 17.9 Å². The van der Waals surface area contributed by atoms with Crippen molar-refractivity contribution in [1.29, 1.82) is 0 Å². The Labute approximate surface area is 160 Å². The van der Waals surface area contributed by atoms with Gasteiger partial charge in [0.15, 0.2) is 0 Å². The lowest BCUT2D eigenvalue weighted by atomic mass is 10.0. The number of carbonyl (C=O) groups excluding carboxylic acids is 2. The predicted molar refractivity (Wildman–Crippen MR) is 105 cm³/mol. The molecule has 1 atom stereocenters. The van der Waals surface area contributed by atoms with Gasteiger partial charge in [0.2, 0.25) is 5.91 Å². The molecule has 1 aromatic heterocycles. The van der Waals surface area contributed by atoms with Crippen LogP contribution in [0, 0.1) is 18.8 Å². The van der Waals surface area contributed by atoms with Gasteiger partial charge in [-0.3, -0.25) is 9.59 Å². The number of hydrogen-bond acceptors (Lipinski definition) is 4. The molecule has 0 aromatic carbocycles. The van der Waals surface area contributed by atoms with E-state index in [4.69, 9.17) is 0 Å². The van der Waals surface area contributed by atoms with E-state index in [1.54, 1.807) is 0 Å². The molecule has 1 aromatic rings. The quantitative estimate of drug-likeness (QED) is 0.786. The summed E-state index contributed by atoms with van der Waals surface area (Å²) in [5, 5.41) is 1.01. The third-order valence-corrected chi connectivity index (χ3v) is 6.88. The average Bonchev–Trinajstić information content (AvgIpc) is 3.33. The molecular weight excluding hydrogens is 346 g/mol. The minimum atomic E-state index is 0.0404. The zero-order valence-electron chi connectivity index (χ0n) is 16.6. The summed E-state index contributed by atoms with van der Waals surface area (Å²) in [6.07, 6.45) is 2.89. The number of nitrogens with zero attached hydrogens (tertiary/aromatic N) is 3. The summed E-state index contributed by atoms with van der Waals surface area (Å²) < 4.78 is 0. The summed E-state index contributed by atoms with van der Waals surface area (Å²) in [7, 11) is 0. The number of carbonyl (C=O) groups is 2. The van der Waals surface area contributed by atoms with Crippen molar-refractivity contribution >= 4 is 23.2 Å². The molecule has 1 saturated carbocycles. The van der Waals surface area contributed by atoms with Gasteiger partial charge >= 0.3 is 0 Å². The van der Waals surface area contributed by atoms with Crippen molar-refractivity contribution in [2.24, 2.45) is 11.8 Å². The Balaban J connectivity index is 1.81. The molecular formula is C20H31N3O2S. The van der Waals surface area contributed by atoms with Gasteiger partial charge in [0.1, 0.15) is 4.88 Å². The Kier molecular flexibility index (Phi) is 5.70. The highest BCUT2D eigenvalue weighted by Gasteiger charge is 2.37. The van der Waals surface area contributed by atoms with Gasteiger partial charge in [0.05, 0.1) is 16.7 Å². The van der Waals surface area contributed by atoms with Crippen LogP contribution >= 0.6 is 11.3 Å². The van der Waals surface area contributed by atoms with E-state index in [0.717, 1.165) is 22.1 Å². The molecule has 0 bridgehead atoms. The highest BCUT2D eigenvalue weighted by atomic mass is 32.1. The summed E-state index contributed by atoms with van der Waals surface area (Å²) in [5.74, 6) is 1.57. The molecule has 2 fully saturated rings. The maximum Gasteiger partial charge on any atom is 0.265 e. The summed E-state index contributed by atoms with van der Waals surface area (Å²) in [5.41, 5.74) is 0.815. The maximum atomic E-state index is 13.2. The number of hydrogen-bond donors (Lipinski definition) is 0. The maximum absolute atomic E-state index is 13.2. The van der Waals surface area contributed by atoms with E-state index in [1.807, 2.05) is 11.8 Å². The molecule has 2 heterocycles. The Bertz CT molecular complexity index is 679. The summed E-state index contributed by atoms with van der Waals surface area (Å²) in [6, 6.07) is 0.104. The Morgan fingerprint density at radius 1 is 1.27 bits per heavy atom. The van der Waals surface area contributed by atoms with E-state index in [9.17, 15) is 9.59 Å². The van der Waals surface area contributed by atoms with Crippen molar-refractivity contribution in [1.82, 2.24) is 14.8 Å². The molecule has 5 nitrogen and oxygen atoms in total. The standard InChI is InChI=1S/C20H31N3O2S/c1-12(2)16-11-22(9-8-17(24)23(16)10-15-6-7-15)20(25)18-14(5)21-19(26-18)13(3)4/h12-13,15-16H,6-11H2,1-5H3. The van der Waals surface area contributed by atoms with Crippen molar-refractivity contribution in [3.05, 3.63) is 15.6 Å². The first-order chi connectivity index (χ1) is 12.3. The second-order valence-electron chi connectivity index (χ2n) is 8.42. The Morgan fingerprint density at radius 2 is 1.96 bits per heavy atom. The zero-order chi connectivity index (χ0) is 19.0. The smallest absolute Gasteiger partial charge is 0.265 e. The first-order valence-electron chi connectivity index (χ1n) is 9.84. The predicted octanol–water partition coefficient (Wildman–Crippen LogP) is 3.68. The second kappa shape index (κ2) is 7.67. The SMILES string of the molecule is Cc1nc(C(C)C)sc1C(=O)N1CCC(=O)N(CC2CC2)C(C(C)C)C1. The third kappa shape index (κ3) is 4.11. The van der Waals surface area contributed by atoms with E-state index in [0.29, 0.717) is 37.3 Å². The zero-order valence-corrected chi connectivity index (χ0v) is 17.4. The van der Waals surface area contributed by atoms with E-state index < -0.39 is 0 Å². The van der Waals surface area contributed by atoms with Gasteiger partial charge in [-0.2, -0.15) is 0 Å². The van der Waals surface area contributed by atoms with Crippen LogP contribution in [0.3, 0.4) is 0 Å². The summed E-state index contributed by atoms with van der Waals surface area (Å²) in [4.78, 5) is 35.2. The van der Waals surface area contributed by atoms with Crippen LogP contribution in [0.5, 0.6) is 0 Å². The lowest BCUT2D eigenvalue weighted by molar-refractivity contribution is -0.133. The minimum Gasteiger partial charge on any atom is -0.337 e. The fourth-order valence-corrected chi connectivity index (χ4v) is 4.59. The molecule has 1 aliphatic carbocycles. The van der Waals surface area contributed by atoms with E-state index in [2.05, 4.69) is 37.6 Å². The van der Waals surface area contributed by atoms with Crippen LogP contribution in [0.2, 0.25) is 0 Å². The van der Waals surface area contributed by atoms with Crippen LogP contribution < -0.4 is 0 Å². The molecule has 144 valence electrons. The molecule has 2 aliphatic rings. The monoisotopic (exact) mass is 377 g/mol. The van der Waals surface area contributed by atoms with Crippen molar-refractivity contribution in [2.75, 3.05) is 19.6 Å². The summed E-state index contributed by atoms with van der Waals surface area (Å²) in [6.45, 7) is 12.4. The van der Waals surface area contributed by atoms with Gasteiger partial charge in [-0.15, -0.1) is 11.3 Å². The van der Waals surface area contributed by atoms with E-state index >= 15 is 0 Å². The Morgan fingerprint density at radius 3 is 2.50 bits per heavy atom. The molecule has 0 N–H and O–H groups in total. The van der Waals surface area contributed by atoms with Crippen LogP contribution in [0.25, 0.3) is 0 Å². The van der Waals surface area contributed by atoms with Crippen LogP contribution in [0.15, 0.2) is 0 Å². The van der Waals surface area contributed by atoms with Crippen LogP contribution in [0.1, 0.15) is 73.2 Å². The topological polar surface area (TPSA) is 53.5 Å². The molecule has 1 unspecified atom stereocenters. The second-order valence-corrected chi connectivity index (χ2v) is 9.45. The fraction of sp³-hybridized carbons (Fsp3) is 0.750. The van der Waals surface area contributed by atoms with Gasteiger partial charge in [-0.25, -0.2) is 4.98 Å². The van der Waals surface area contributed by atoms with E-state index in [1.165, 1.54) is 24.2 Å². The fourth-order valence-electron chi connectivity index (χ4n) is 3.55. The largest absolute Gasteiger partial charge is 0.337 e. The highest BCUT2D eigenvalue weighted by molar-refractivity contribution is 7.13. The van der Waals surface area contributed by atoms with Crippen molar-refractivity contribution in [2.45, 2.75) is 65.8 Å². The first kappa shape index (κ1) is 19.3. The van der Waals surface area contributed by atoms with Gasteiger partial charge in [0.25, 0.3) is 5.91 Å². The van der Waals surface area contributed by atoms with Gasteiger partial charge < -0.3 is 9.80 Å². The lowest BCUT2D eigenvalue weighted by Gasteiger charge is -2.34. The molecule has 1 saturated heterocycles. The lowest BCUT2D eigenvalue weighted by Crippen LogP contribution is -2.48. The minimum absolute atomic E-state index is 0.0404. The van der Waals surface area contributed by atoms with Crippen molar-refractivity contribution in [3.63, 3.8) is 0 Å². The molecule has 6 heteroatoms. The van der Waals surface area contributed by atoms with Gasteiger partial charge in [-0.05, 0) is 31.6 Å². The number of rotatable bonds is 5. The van der Waals surface area contributed by atoms with Crippen LogP contribution in [-0.2, 0) is 4.79 Å². The van der Waals surface area contributed by atoms with Gasteiger partial charge in [0, 0.05) is 32.0 Å². The van der Waals surface area contributed by atoms with Crippen molar-refractivity contribution < 1.29 is 9.59 Å². The number of thiazole rings is 1. The summed E-state index contributed by atoms with van der Waals surface area (Å²) >= 11 is 1.51. The molecule has 2 amide bonds.